The molecule has 0 radical (unpaired) electrons. The first-order valence-corrected chi connectivity index (χ1v) is 7.95. The molecule has 0 saturated heterocycles. The quantitative estimate of drug-likeness (QED) is 0.839. The van der Waals surface area contributed by atoms with Gasteiger partial charge in [0.2, 0.25) is 0 Å². The van der Waals surface area contributed by atoms with Crippen LogP contribution >= 0.6 is 0 Å². The van der Waals surface area contributed by atoms with E-state index < -0.39 is 11.7 Å². The maximum Gasteiger partial charge on any atom is 0.416 e. The summed E-state index contributed by atoms with van der Waals surface area (Å²) in [6, 6.07) is 7.03. The van der Waals surface area contributed by atoms with Gasteiger partial charge in [-0.25, -0.2) is 0 Å². The molecule has 1 aromatic carbocycles. The summed E-state index contributed by atoms with van der Waals surface area (Å²) < 4.78 is 38.5. The average molecular weight is 297 g/mol. The van der Waals surface area contributed by atoms with E-state index in [9.17, 15) is 13.2 Å². The number of benzene rings is 1. The Kier molecular flexibility index (Phi) is 4.25. The highest BCUT2D eigenvalue weighted by Gasteiger charge is 2.32. The molecule has 2 aliphatic rings. The van der Waals surface area contributed by atoms with E-state index in [2.05, 4.69) is 5.32 Å². The number of hydrogen-bond acceptors (Lipinski definition) is 1. The number of rotatable bonds is 3. The van der Waals surface area contributed by atoms with Crippen LogP contribution in [0.25, 0.3) is 0 Å². The van der Waals surface area contributed by atoms with Crippen LogP contribution < -0.4 is 5.32 Å². The topological polar surface area (TPSA) is 12.0 Å². The monoisotopic (exact) mass is 297 g/mol. The number of hydrogen-bond donors (Lipinski definition) is 1. The minimum Gasteiger partial charge on any atom is -0.311 e. The fourth-order valence-electron chi connectivity index (χ4n) is 3.52. The molecule has 116 valence electrons. The predicted molar refractivity (Wildman–Crippen MR) is 77.2 cm³/mol. The van der Waals surface area contributed by atoms with Gasteiger partial charge in [0.15, 0.2) is 0 Å². The molecule has 0 aromatic heterocycles. The van der Waals surface area contributed by atoms with E-state index in [0.717, 1.165) is 37.3 Å². The van der Waals surface area contributed by atoms with Crippen molar-refractivity contribution in [3.8, 4) is 0 Å². The molecule has 2 saturated carbocycles. The van der Waals surface area contributed by atoms with Crippen LogP contribution in [0.1, 0.15) is 62.0 Å². The summed E-state index contributed by atoms with van der Waals surface area (Å²) in [7, 11) is 0. The summed E-state index contributed by atoms with van der Waals surface area (Å²) in [4.78, 5) is 0. The Morgan fingerprint density at radius 1 is 0.952 bits per heavy atom. The first kappa shape index (κ1) is 14.9. The van der Waals surface area contributed by atoms with Gasteiger partial charge in [-0.1, -0.05) is 31.0 Å². The van der Waals surface area contributed by atoms with Crippen molar-refractivity contribution in [3.05, 3.63) is 35.4 Å². The molecule has 0 bridgehead atoms. The van der Waals surface area contributed by atoms with E-state index in [1.807, 2.05) is 6.07 Å². The number of nitrogens with one attached hydrogen (secondary N) is 1. The highest BCUT2D eigenvalue weighted by atomic mass is 19.4. The lowest BCUT2D eigenvalue weighted by molar-refractivity contribution is -0.137. The molecule has 0 heterocycles. The number of alkyl halides is 3. The standard InChI is InChI=1S/C17H22F3N/c18-17(19,20)14-6-1-4-12(10-14)13-5-2-9-16(11-13)21-15-7-3-8-15/h1,4,6,10,13,15-16,21H,2-3,5,7-9,11H2/t13-,16+/m0/s1. The molecule has 0 unspecified atom stereocenters. The first-order chi connectivity index (χ1) is 10.0. The fraction of sp³-hybridized carbons (Fsp3) is 0.647. The van der Waals surface area contributed by atoms with Gasteiger partial charge in [-0.3, -0.25) is 0 Å². The molecule has 2 aliphatic carbocycles. The summed E-state index contributed by atoms with van der Waals surface area (Å²) in [5.41, 5.74) is 0.332. The molecular weight excluding hydrogens is 275 g/mol. The second kappa shape index (κ2) is 5.99. The SMILES string of the molecule is FC(F)(F)c1cccc([C@H]2CCC[C@@H](NC3CCC3)C2)c1. The van der Waals surface area contributed by atoms with Crippen molar-refractivity contribution in [1.82, 2.24) is 5.32 Å². The lowest BCUT2D eigenvalue weighted by Crippen LogP contribution is -2.44. The van der Waals surface area contributed by atoms with Crippen molar-refractivity contribution in [2.45, 2.75) is 69.1 Å². The van der Waals surface area contributed by atoms with E-state index in [1.165, 1.54) is 25.3 Å². The second-order valence-corrected chi connectivity index (χ2v) is 6.48. The predicted octanol–water partition coefficient (Wildman–Crippen LogP) is 4.87. The van der Waals surface area contributed by atoms with Crippen LogP contribution in [0.4, 0.5) is 13.2 Å². The molecule has 1 aromatic rings. The van der Waals surface area contributed by atoms with Crippen LogP contribution in [-0.2, 0) is 6.18 Å². The van der Waals surface area contributed by atoms with E-state index in [4.69, 9.17) is 0 Å². The zero-order chi connectivity index (χ0) is 14.9. The van der Waals surface area contributed by atoms with Crippen LogP contribution in [0.2, 0.25) is 0 Å². The van der Waals surface area contributed by atoms with Gasteiger partial charge in [0.1, 0.15) is 0 Å². The molecule has 1 nitrogen and oxygen atoms in total. The van der Waals surface area contributed by atoms with Crippen molar-refractivity contribution in [1.29, 1.82) is 0 Å². The molecule has 0 aliphatic heterocycles. The third-order valence-corrected chi connectivity index (χ3v) is 4.94. The third kappa shape index (κ3) is 3.60. The number of halogens is 3. The van der Waals surface area contributed by atoms with Crippen LogP contribution in [0.3, 0.4) is 0 Å². The second-order valence-electron chi connectivity index (χ2n) is 6.48. The van der Waals surface area contributed by atoms with E-state index >= 15 is 0 Å². The van der Waals surface area contributed by atoms with Crippen LogP contribution in [-0.4, -0.2) is 12.1 Å². The Morgan fingerprint density at radius 3 is 2.33 bits per heavy atom. The summed E-state index contributed by atoms with van der Waals surface area (Å²) >= 11 is 0. The third-order valence-electron chi connectivity index (χ3n) is 4.94. The maximum atomic E-state index is 12.8. The van der Waals surface area contributed by atoms with E-state index in [-0.39, 0.29) is 5.92 Å². The summed E-state index contributed by atoms with van der Waals surface area (Å²) in [5, 5.41) is 3.68. The van der Waals surface area contributed by atoms with Crippen molar-refractivity contribution in [3.63, 3.8) is 0 Å². The summed E-state index contributed by atoms with van der Waals surface area (Å²) in [5.74, 6) is 0.263. The lowest BCUT2D eigenvalue weighted by Gasteiger charge is -2.36. The van der Waals surface area contributed by atoms with Gasteiger partial charge in [0.25, 0.3) is 0 Å². The van der Waals surface area contributed by atoms with E-state index in [1.54, 1.807) is 6.07 Å². The van der Waals surface area contributed by atoms with Crippen molar-refractivity contribution < 1.29 is 13.2 Å². The zero-order valence-corrected chi connectivity index (χ0v) is 12.1. The van der Waals surface area contributed by atoms with E-state index in [0.29, 0.717) is 12.1 Å². The Hall–Kier alpha value is -1.03. The molecular formula is C17H22F3N. The lowest BCUT2D eigenvalue weighted by atomic mass is 9.80. The largest absolute Gasteiger partial charge is 0.416 e. The highest BCUT2D eigenvalue weighted by Crippen LogP contribution is 2.37. The zero-order valence-electron chi connectivity index (χ0n) is 12.1. The molecule has 1 N–H and O–H groups in total. The summed E-state index contributed by atoms with van der Waals surface area (Å²) in [6.07, 6.45) is 3.81. The van der Waals surface area contributed by atoms with Gasteiger partial charge in [0.05, 0.1) is 5.56 Å². The average Bonchev–Trinajstić information content (AvgIpc) is 2.43. The van der Waals surface area contributed by atoms with Gasteiger partial charge in [-0.15, -0.1) is 0 Å². The smallest absolute Gasteiger partial charge is 0.311 e. The maximum absolute atomic E-state index is 12.8. The van der Waals surface area contributed by atoms with Gasteiger partial charge in [-0.2, -0.15) is 13.2 Å². The van der Waals surface area contributed by atoms with Gasteiger partial charge in [-0.05, 0) is 49.7 Å². The Morgan fingerprint density at radius 2 is 1.67 bits per heavy atom. The van der Waals surface area contributed by atoms with Crippen LogP contribution in [0.15, 0.2) is 24.3 Å². The minimum absolute atomic E-state index is 0.263. The molecule has 2 atom stereocenters. The highest BCUT2D eigenvalue weighted by molar-refractivity contribution is 5.28. The normalized spacial score (nSPS) is 27.4. The molecule has 0 spiro atoms. The Balaban J connectivity index is 1.67. The fourth-order valence-corrected chi connectivity index (χ4v) is 3.52. The van der Waals surface area contributed by atoms with Gasteiger partial charge >= 0.3 is 6.18 Å². The Bertz CT molecular complexity index is 479. The molecule has 3 rings (SSSR count). The summed E-state index contributed by atoms with van der Waals surface area (Å²) in [6.45, 7) is 0. The molecule has 0 amide bonds. The molecule has 4 heteroatoms. The Labute approximate surface area is 123 Å². The molecule has 2 fully saturated rings. The minimum atomic E-state index is -4.24. The van der Waals surface area contributed by atoms with Crippen molar-refractivity contribution in [2.24, 2.45) is 0 Å². The van der Waals surface area contributed by atoms with Gasteiger partial charge in [0, 0.05) is 12.1 Å². The van der Waals surface area contributed by atoms with Crippen molar-refractivity contribution in [2.75, 3.05) is 0 Å². The van der Waals surface area contributed by atoms with Crippen molar-refractivity contribution >= 4 is 0 Å². The molecule has 21 heavy (non-hydrogen) atoms. The van der Waals surface area contributed by atoms with Gasteiger partial charge < -0.3 is 5.32 Å². The first-order valence-electron chi connectivity index (χ1n) is 7.95. The van der Waals surface area contributed by atoms with Crippen LogP contribution in [0.5, 0.6) is 0 Å². The van der Waals surface area contributed by atoms with Crippen LogP contribution in [0, 0.1) is 0 Å².